The first-order valence-electron chi connectivity index (χ1n) is 14.4. The molecule has 4 aromatic rings. The molecule has 0 radical (unpaired) electrons. The lowest BCUT2D eigenvalue weighted by molar-refractivity contribution is 0.0476. The zero-order valence-corrected chi connectivity index (χ0v) is 26.5. The molecule has 0 aliphatic carbocycles. The molecule has 0 heterocycles. The van der Waals surface area contributed by atoms with Gasteiger partial charge in [-0.2, -0.15) is 0 Å². The molecule has 41 heavy (non-hydrogen) atoms. The lowest BCUT2D eigenvalue weighted by Crippen LogP contribution is -2.43. The smallest absolute Gasteiger partial charge is 0.250 e. The molecule has 4 aromatic carbocycles. The van der Waals surface area contributed by atoms with Crippen LogP contribution in [-0.2, 0) is 12.2 Å². The van der Waals surface area contributed by atoms with Gasteiger partial charge < -0.3 is 19.0 Å². The van der Waals surface area contributed by atoms with E-state index in [4.69, 9.17) is 13.9 Å². The number of hydrogen-bond acceptors (Lipinski definition) is 4. The summed E-state index contributed by atoms with van der Waals surface area (Å²) in [6.45, 7) is 13.8. The fraction of sp³-hybridized carbons (Fsp3) is 0.333. The molecule has 0 saturated heterocycles. The Bertz CT molecular complexity index is 1380. The summed E-state index contributed by atoms with van der Waals surface area (Å²) < 4.78 is 17.8. The summed E-state index contributed by atoms with van der Waals surface area (Å²) >= 11 is 0. The van der Waals surface area contributed by atoms with Crippen LogP contribution in [0.2, 0.25) is 18.1 Å². The average Bonchev–Trinajstić information content (AvgIpc) is 2.97. The van der Waals surface area contributed by atoms with Crippen molar-refractivity contribution in [3.8, 4) is 17.2 Å². The molecule has 216 valence electrons. The van der Waals surface area contributed by atoms with E-state index in [9.17, 15) is 5.11 Å². The molecule has 4 nitrogen and oxygen atoms in total. The highest BCUT2D eigenvalue weighted by Gasteiger charge is 2.41. The molecule has 0 aliphatic heterocycles. The summed E-state index contributed by atoms with van der Waals surface area (Å²) in [5, 5.41) is 12.8. The second kappa shape index (κ2) is 12.5. The van der Waals surface area contributed by atoms with Crippen LogP contribution in [0, 0.1) is 0 Å². The first-order chi connectivity index (χ1) is 19.5. The molecule has 0 fully saturated rings. The maximum Gasteiger partial charge on any atom is 0.250 e. The van der Waals surface area contributed by atoms with Gasteiger partial charge in [-0.1, -0.05) is 94.4 Å². The molecule has 0 amide bonds. The SMILES string of the molecule is CCC(c1ccccc1)C(O)(c1ccc(OCc2ccc(OC)cc2)cc1)c1ccc(O[Si](C)(C)C(C)(C)C)cc1. The molecule has 0 saturated carbocycles. The molecule has 0 bridgehead atoms. The first-order valence-corrected chi connectivity index (χ1v) is 17.3. The number of aliphatic hydroxyl groups is 1. The minimum absolute atomic E-state index is 0.101. The Morgan fingerprint density at radius 1 is 0.707 bits per heavy atom. The largest absolute Gasteiger partial charge is 0.544 e. The molecule has 2 atom stereocenters. The Balaban J connectivity index is 1.65. The molecule has 0 spiro atoms. The number of hydrogen-bond donors (Lipinski definition) is 1. The second-order valence-corrected chi connectivity index (χ2v) is 16.9. The topological polar surface area (TPSA) is 47.9 Å². The normalized spacial score (nSPS) is 14.1. The van der Waals surface area contributed by atoms with E-state index in [1.54, 1.807) is 7.11 Å². The van der Waals surface area contributed by atoms with Gasteiger partial charge in [-0.05, 0) is 83.2 Å². The van der Waals surface area contributed by atoms with Gasteiger partial charge in [-0.25, -0.2) is 0 Å². The Morgan fingerprint density at radius 2 is 1.22 bits per heavy atom. The van der Waals surface area contributed by atoms with Crippen molar-refractivity contribution in [1.82, 2.24) is 0 Å². The lowest BCUT2D eigenvalue weighted by Gasteiger charge is -2.38. The van der Waals surface area contributed by atoms with Gasteiger partial charge in [-0.15, -0.1) is 0 Å². The predicted molar refractivity (Wildman–Crippen MR) is 171 cm³/mol. The summed E-state index contributed by atoms with van der Waals surface area (Å²) in [4.78, 5) is 0. The van der Waals surface area contributed by atoms with Crippen LogP contribution >= 0.6 is 0 Å². The Morgan fingerprint density at radius 3 is 1.71 bits per heavy atom. The summed E-state index contributed by atoms with van der Waals surface area (Å²) in [5.74, 6) is 2.26. The van der Waals surface area contributed by atoms with E-state index < -0.39 is 13.9 Å². The minimum Gasteiger partial charge on any atom is -0.544 e. The van der Waals surface area contributed by atoms with Gasteiger partial charge in [0.05, 0.1) is 7.11 Å². The predicted octanol–water partition coefficient (Wildman–Crippen LogP) is 9.09. The third-order valence-electron chi connectivity index (χ3n) is 8.45. The van der Waals surface area contributed by atoms with E-state index in [1.807, 2.05) is 91.0 Å². The van der Waals surface area contributed by atoms with Gasteiger partial charge in [0, 0.05) is 5.92 Å². The summed E-state index contributed by atoms with van der Waals surface area (Å²) in [6.07, 6.45) is 0.762. The number of methoxy groups -OCH3 is 1. The monoisotopic (exact) mass is 568 g/mol. The highest BCUT2D eigenvalue weighted by Crippen LogP contribution is 2.45. The summed E-state index contributed by atoms with van der Waals surface area (Å²) in [6, 6.07) is 34.0. The van der Waals surface area contributed by atoms with Crippen LogP contribution in [0.1, 0.15) is 62.3 Å². The third-order valence-corrected chi connectivity index (χ3v) is 12.8. The van der Waals surface area contributed by atoms with Crippen LogP contribution in [0.4, 0.5) is 0 Å². The summed E-state index contributed by atoms with van der Waals surface area (Å²) in [7, 11) is -0.321. The standard InChI is InChI=1S/C36H44O4Si/c1-8-34(28-12-10-9-11-13-28)36(37,30-18-24-33(25-19-30)40-41(6,7)35(2,3)4)29-16-22-32(23-17-29)39-26-27-14-20-31(38-5)21-15-27/h9-25,34,37H,8,26H2,1-7H3. The second-order valence-electron chi connectivity index (χ2n) is 12.2. The van der Waals surface area contributed by atoms with E-state index in [1.165, 1.54) is 0 Å². The Hall–Kier alpha value is -3.54. The van der Waals surface area contributed by atoms with Crippen LogP contribution < -0.4 is 13.9 Å². The van der Waals surface area contributed by atoms with Crippen LogP contribution in [-0.4, -0.2) is 20.5 Å². The minimum atomic E-state index is -1.98. The van der Waals surface area contributed by atoms with Gasteiger partial charge in [0.15, 0.2) is 0 Å². The van der Waals surface area contributed by atoms with Crippen LogP contribution in [0.3, 0.4) is 0 Å². The van der Waals surface area contributed by atoms with Gasteiger partial charge >= 0.3 is 0 Å². The average molecular weight is 569 g/mol. The van der Waals surface area contributed by atoms with Crippen molar-refractivity contribution in [3.05, 3.63) is 125 Å². The molecule has 4 rings (SSSR count). The van der Waals surface area contributed by atoms with Crippen molar-refractivity contribution in [3.63, 3.8) is 0 Å². The van der Waals surface area contributed by atoms with Gasteiger partial charge in [-0.3, -0.25) is 0 Å². The molecule has 1 N–H and O–H groups in total. The zero-order valence-electron chi connectivity index (χ0n) is 25.5. The molecule has 0 aromatic heterocycles. The van der Waals surface area contributed by atoms with Gasteiger partial charge in [0.2, 0.25) is 8.32 Å². The van der Waals surface area contributed by atoms with E-state index in [2.05, 4.69) is 52.9 Å². The molecule has 2 unspecified atom stereocenters. The van der Waals surface area contributed by atoms with Gasteiger partial charge in [0.1, 0.15) is 29.5 Å². The molecule has 0 aliphatic rings. The van der Waals surface area contributed by atoms with E-state index in [-0.39, 0.29) is 11.0 Å². The summed E-state index contributed by atoms with van der Waals surface area (Å²) in [5.41, 5.74) is 2.56. The van der Waals surface area contributed by atoms with E-state index >= 15 is 0 Å². The maximum atomic E-state index is 12.7. The van der Waals surface area contributed by atoms with Crippen molar-refractivity contribution in [2.75, 3.05) is 7.11 Å². The zero-order chi connectivity index (χ0) is 29.7. The molecular formula is C36H44O4Si. The Labute approximate surface area is 247 Å². The van der Waals surface area contributed by atoms with E-state index in [0.717, 1.165) is 45.9 Å². The van der Waals surface area contributed by atoms with Crippen LogP contribution in [0.25, 0.3) is 0 Å². The number of benzene rings is 4. The van der Waals surface area contributed by atoms with E-state index in [0.29, 0.717) is 6.61 Å². The van der Waals surface area contributed by atoms with Crippen LogP contribution in [0.5, 0.6) is 17.2 Å². The van der Waals surface area contributed by atoms with Crippen molar-refractivity contribution in [2.24, 2.45) is 0 Å². The molecule has 5 heteroatoms. The first kappa shape index (κ1) is 30.4. The quantitative estimate of drug-likeness (QED) is 0.183. The fourth-order valence-electron chi connectivity index (χ4n) is 4.95. The number of rotatable bonds is 11. The maximum absolute atomic E-state index is 12.7. The van der Waals surface area contributed by atoms with Crippen molar-refractivity contribution in [1.29, 1.82) is 0 Å². The fourth-order valence-corrected chi connectivity index (χ4v) is 5.98. The Kier molecular flexibility index (Phi) is 9.30. The number of ether oxygens (including phenoxy) is 2. The van der Waals surface area contributed by atoms with Gasteiger partial charge in [0.25, 0.3) is 0 Å². The third kappa shape index (κ3) is 6.86. The lowest BCUT2D eigenvalue weighted by atomic mass is 9.72. The molecular weight excluding hydrogens is 524 g/mol. The van der Waals surface area contributed by atoms with Crippen LogP contribution in [0.15, 0.2) is 103 Å². The van der Waals surface area contributed by atoms with Crippen molar-refractivity contribution >= 4 is 8.32 Å². The van der Waals surface area contributed by atoms with Crippen molar-refractivity contribution in [2.45, 2.75) is 70.4 Å². The highest BCUT2D eigenvalue weighted by atomic mass is 28.4. The highest BCUT2D eigenvalue weighted by molar-refractivity contribution is 6.74. The van der Waals surface area contributed by atoms with Crippen molar-refractivity contribution < 1.29 is 19.0 Å².